The third-order valence-electron chi connectivity index (χ3n) is 17.2. The number of halogens is 1. The molecule has 1 aromatic heterocycles. The number of carbonyl (C=O) groups excluding carboxylic acids is 4. The van der Waals surface area contributed by atoms with Crippen molar-refractivity contribution in [2.24, 2.45) is 56.2 Å². The molecule has 330 valence electrons. The summed E-state index contributed by atoms with van der Waals surface area (Å²) in [4.78, 5) is 63.7. The Balaban J connectivity index is 1.13. The van der Waals surface area contributed by atoms with Gasteiger partial charge in [-0.1, -0.05) is 66.1 Å². The molecule has 0 aromatic carbocycles. The monoisotopic (exact) mass is 846 g/mol. The molecule has 6 aliphatic rings. The molecule has 5 saturated carbocycles. The molecular formula is C50H72ClN3O6. The van der Waals surface area contributed by atoms with Crippen molar-refractivity contribution < 1.29 is 28.7 Å². The summed E-state index contributed by atoms with van der Waals surface area (Å²) in [6, 6.07) is 0. The van der Waals surface area contributed by atoms with Gasteiger partial charge in [0.2, 0.25) is 5.91 Å². The molecule has 60 heavy (non-hydrogen) atoms. The molecule has 10 heteroatoms. The number of aromatic nitrogens is 2. The summed E-state index contributed by atoms with van der Waals surface area (Å²) in [5.41, 5.74) is 0.129. The Morgan fingerprint density at radius 1 is 0.883 bits per heavy atom. The first-order valence-electron chi connectivity index (χ1n) is 22.9. The van der Waals surface area contributed by atoms with Crippen LogP contribution >= 0.6 is 11.6 Å². The number of hydrogen-bond donors (Lipinski definition) is 1. The second kappa shape index (κ2) is 14.8. The van der Waals surface area contributed by atoms with Gasteiger partial charge in [0.15, 0.2) is 11.6 Å². The SMILES string of the molecule is CC(=C[C@@]12CC[C@]3(C)[C@H](CC[C@@H]4[C@@]5(C)CC[C@H](OC(=O)CC(C)(C)C(=O)OC(C)(C)C)C(C)(C)[C@@H]5CC[C@]43C)C1=C(C(C)C)C(=O)C2)C(=O)NC1(c2ncc(Cl)cn2)CC1. The summed E-state index contributed by atoms with van der Waals surface area (Å²) in [6.07, 6.45) is 14.9. The van der Waals surface area contributed by atoms with E-state index in [-0.39, 0.29) is 69.6 Å². The van der Waals surface area contributed by atoms with Crippen molar-refractivity contribution in [3.63, 3.8) is 0 Å². The Hall–Kier alpha value is -3.07. The summed E-state index contributed by atoms with van der Waals surface area (Å²) < 4.78 is 12.0. The molecule has 0 bridgehead atoms. The van der Waals surface area contributed by atoms with Crippen molar-refractivity contribution in [3.8, 4) is 0 Å². The van der Waals surface area contributed by atoms with Gasteiger partial charge < -0.3 is 14.8 Å². The van der Waals surface area contributed by atoms with E-state index >= 15 is 0 Å². The Bertz CT molecular complexity index is 2010. The summed E-state index contributed by atoms with van der Waals surface area (Å²) >= 11 is 6.07. The lowest BCUT2D eigenvalue weighted by atomic mass is 9.33. The molecule has 0 radical (unpaired) electrons. The van der Waals surface area contributed by atoms with E-state index in [0.717, 1.165) is 69.8 Å². The van der Waals surface area contributed by atoms with Crippen molar-refractivity contribution in [3.05, 3.63) is 46.0 Å². The average molecular weight is 847 g/mol. The lowest BCUT2D eigenvalue weighted by molar-refractivity contribution is -0.232. The first kappa shape index (κ1) is 45.0. The van der Waals surface area contributed by atoms with Crippen LogP contribution in [-0.4, -0.2) is 45.3 Å². The first-order valence-corrected chi connectivity index (χ1v) is 23.2. The Morgan fingerprint density at radius 3 is 2.13 bits per heavy atom. The predicted molar refractivity (Wildman–Crippen MR) is 233 cm³/mol. The van der Waals surface area contributed by atoms with Crippen molar-refractivity contribution >= 4 is 35.2 Å². The van der Waals surface area contributed by atoms with E-state index in [9.17, 15) is 19.2 Å². The molecule has 1 N–H and O–H groups in total. The number of esters is 2. The second-order valence-electron chi connectivity index (χ2n) is 23.3. The molecule has 0 unspecified atom stereocenters. The maximum atomic E-state index is 14.2. The van der Waals surface area contributed by atoms with Gasteiger partial charge in [0.1, 0.15) is 17.2 Å². The van der Waals surface area contributed by atoms with E-state index in [1.165, 1.54) is 5.57 Å². The number of Topliss-reactive ketones (excluding diaryl/α,β-unsaturated/α-hetero) is 1. The van der Waals surface area contributed by atoms with Crippen LogP contribution in [0.15, 0.2) is 35.2 Å². The number of carbonyl (C=O) groups is 4. The van der Waals surface area contributed by atoms with Gasteiger partial charge in [0.05, 0.1) is 16.9 Å². The van der Waals surface area contributed by atoms with Crippen LogP contribution in [-0.2, 0) is 34.2 Å². The van der Waals surface area contributed by atoms with Gasteiger partial charge in [0.25, 0.3) is 0 Å². The molecule has 6 aliphatic carbocycles. The fraction of sp³-hybridized carbons (Fsp3) is 0.760. The fourth-order valence-corrected chi connectivity index (χ4v) is 14.0. The zero-order chi connectivity index (χ0) is 44.2. The molecule has 8 atom stereocenters. The van der Waals surface area contributed by atoms with Crippen molar-refractivity contribution in [2.45, 2.75) is 184 Å². The largest absolute Gasteiger partial charge is 0.462 e. The van der Waals surface area contributed by atoms with Crippen LogP contribution in [0.1, 0.15) is 173 Å². The topological polar surface area (TPSA) is 125 Å². The van der Waals surface area contributed by atoms with Gasteiger partial charge in [0, 0.05) is 35.2 Å². The van der Waals surface area contributed by atoms with Gasteiger partial charge in [-0.2, -0.15) is 0 Å². The van der Waals surface area contributed by atoms with E-state index < -0.39 is 22.0 Å². The molecule has 9 nitrogen and oxygen atoms in total. The second-order valence-corrected chi connectivity index (χ2v) is 23.8. The highest BCUT2D eigenvalue weighted by Crippen LogP contribution is 2.77. The maximum absolute atomic E-state index is 14.2. The van der Waals surface area contributed by atoms with Crippen LogP contribution in [0.5, 0.6) is 0 Å². The normalized spacial score (nSPS) is 35.8. The molecular weight excluding hydrogens is 774 g/mol. The van der Waals surface area contributed by atoms with Crippen LogP contribution in [0.4, 0.5) is 0 Å². The van der Waals surface area contributed by atoms with Gasteiger partial charge in [-0.3, -0.25) is 19.2 Å². The van der Waals surface area contributed by atoms with Crippen molar-refractivity contribution in [1.29, 1.82) is 0 Å². The minimum atomic E-state index is -0.988. The van der Waals surface area contributed by atoms with Crippen LogP contribution in [0.3, 0.4) is 0 Å². The number of ketones is 1. The van der Waals surface area contributed by atoms with Gasteiger partial charge in [-0.15, -0.1) is 0 Å². The molecule has 5 fully saturated rings. The highest BCUT2D eigenvalue weighted by molar-refractivity contribution is 6.30. The van der Waals surface area contributed by atoms with Crippen LogP contribution < -0.4 is 5.32 Å². The van der Waals surface area contributed by atoms with E-state index in [2.05, 4.69) is 69.8 Å². The highest BCUT2D eigenvalue weighted by Gasteiger charge is 2.70. The van der Waals surface area contributed by atoms with E-state index in [4.69, 9.17) is 21.1 Å². The minimum absolute atomic E-state index is 0.0202. The molecule has 1 heterocycles. The Labute approximate surface area is 364 Å². The number of ether oxygens (including phenoxy) is 2. The van der Waals surface area contributed by atoms with E-state index in [1.807, 2.05) is 27.7 Å². The zero-order valence-corrected chi connectivity index (χ0v) is 39.6. The lowest BCUT2D eigenvalue weighted by Gasteiger charge is -2.72. The Morgan fingerprint density at radius 2 is 1.53 bits per heavy atom. The fourth-order valence-electron chi connectivity index (χ4n) is 13.9. The number of nitrogens with one attached hydrogen (secondary N) is 1. The lowest BCUT2D eigenvalue weighted by Crippen LogP contribution is -2.65. The number of allylic oxidation sites excluding steroid dienone is 3. The molecule has 1 amide bonds. The number of fused-ring (bicyclic) bond motifs is 7. The number of hydrogen-bond acceptors (Lipinski definition) is 8. The van der Waals surface area contributed by atoms with E-state index in [0.29, 0.717) is 34.7 Å². The standard InChI is InChI=1S/C50H72ClN3O6/c1-29(2)38-33(55)25-49(24-30(3)40(57)54-50(22-23-50)41-52-27-31(51)28-53-41)21-20-47(12)32(39(38)49)14-15-35-46(11)18-17-36(45(9,10)34(46)16-19-48(35,47)13)59-37(56)26-44(7,8)42(58)60-43(4,5)6/h24,27-29,32,34-36H,14-23,25-26H2,1-13H3,(H,54,57)/t32-,34+,35-,36+,46+,47-,48-,49-/m1/s1. The Kier molecular flexibility index (Phi) is 11.1. The molecule has 1 aromatic rings. The summed E-state index contributed by atoms with van der Waals surface area (Å²) in [6.45, 7) is 27.5. The number of nitrogens with zero attached hydrogens (tertiary/aromatic N) is 2. The van der Waals surface area contributed by atoms with Crippen LogP contribution in [0.25, 0.3) is 0 Å². The molecule has 7 rings (SSSR count). The quantitative estimate of drug-likeness (QED) is 0.192. The highest BCUT2D eigenvalue weighted by atomic mass is 35.5. The molecule has 0 spiro atoms. The summed E-state index contributed by atoms with van der Waals surface area (Å²) in [5.74, 6) is 1.17. The van der Waals surface area contributed by atoms with Gasteiger partial charge >= 0.3 is 11.9 Å². The van der Waals surface area contributed by atoms with Crippen molar-refractivity contribution in [2.75, 3.05) is 0 Å². The smallest absolute Gasteiger partial charge is 0.312 e. The molecule has 0 saturated heterocycles. The van der Waals surface area contributed by atoms with Crippen molar-refractivity contribution in [1.82, 2.24) is 15.3 Å². The maximum Gasteiger partial charge on any atom is 0.312 e. The molecule has 0 aliphatic heterocycles. The number of amides is 1. The van der Waals surface area contributed by atoms with Gasteiger partial charge in [-0.25, -0.2) is 9.97 Å². The van der Waals surface area contributed by atoms with E-state index in [1.54, 1.807) is 26.2 Å². The summed E-state index contributed by atoms with van der Waals surface area (Å²) in [7, 11) is 0. The first-order chi connectivity index (χ1) is 27.6. The van der Waals surface area contributed by atoms with Crippen LogP contribution in [0, 0.1) is 56.2 Å². The summed E-state index contributed by atoms with van der Waals surface area (Å²) in [5, 5.41) is 3.73. The number of rotatable bonds is 9. The third-order valence-corrected chi connectivity index (χ3v) is 17.4. The van der Waals surface area contributed by atoms with Gasteiger partial charge in [-0.05, 0) is 157 Å². The average Bonchev–Trinajstić information content (AvgIpc) is 3.84. The minimum Gasteiger partial charge on any atom is -0.462 e. The zero-order valence-electron chi connectivity index (χ0n) is 38.8. The third kappa shape index (κ3) is 7.30. The van der Waals surface area contributed by atoms with Crippen LogP contribution in [0.2, 0.25) is 5.02 Å². The predicted octanol–water partition coefficient (Wildman–Crippen LogP) is 10.8.